The molecule has 0 amide bonds. The molecule has 0 bridgehead atoms. The molecule has 14 heteroatoms. The molecular weight excluding hydrogens is 437 g/mol. The molecule has 0 radical (unpaired) electrons. The van der Waals surface area contributed by atoms with E-state index in [1.54, 1.807) is 0 Å². The predicted octanol–water partition coefficient (Wildman–Crippen LogP) is 0.0758. The number of nitrogens with two attached hydrogens (primary N) is 1. The van der Waals surface area contributed by atoms with E-state index in [0.717, 1.165) is 4.57 Å². The second-order valence-corrected chi connectivity index (χ2v) is 14.8. The first-order valence-electron chi connectivity index (χ1n) is 9.26. The molecule has 2 rings (SSSR count). The van der Waals surface area contributed by atoms with Crippen molar-refractivity contribution in [1.29, 1.82) is 0 Å². The van der Waals surface area contributed by atoms with Gasteiger partial charge >= 0.3 is 13.5 Å². The molecule has 1 unspecified atom stereocenters. The third kappa shape index (κ3) is 5.75. The highest BCUT2D eigenvalue weighted by molar-refractivity contribution is 7.46. The maximum atomic E-state index is 12.3. The van der Waals surface area contributed by atoms with Crippen LogP contribution in [0.5, 0.6) is 0 Å². The molecule has 0 aliphatic carbocycles. The maximum Gasteiger partial charge on any atom is 0.469 e. The zero-order valence-electron chi connectivity index (χ0n) is 17.6. The maximum absolute atomic E-state index is 12.3. The van der Waals surface area contributed by atoms with Crippen LogP contribution in [-0.4, -0.2) is 62.8 Å². The van der Waals surface area contributed by atoms with E-state index in [2.05, 4.69) is 43.4 Å². The third-order valence-corrected chi connectivity index (χ3v) is 10.4. The van der Waals surface area contributed by atoms with E-state index in [9.17, 15) is 19.6 Å². The number of nitrogen functional groups attached to an aromatic ring is 1. The fourth-order valence-electron chi connectivity index (χ4n) is 2.56. The van der Waals surface area contributed by atoms with Gasteiger partial charge in [-0.25, -0.2) is 9.36 Å². The molecule has 172 valence electrons. The average Bonchev–Trinajstić information content (AvgIpc) is 2.86. The van der Waals surface area contributed by atoms with Gasteiger partial charge in [-0.2, -0.15) is 4.98 Å². The lowest BCUT2D eigenvalue weighted by atomic mass is 10.1. The van der Waals surface area contributed by atoms with Gasteiger partial charge in [-0.05, 0) is 18.1 Å². The van der Waals surface area contributed by atoms with E-state index in [1.807, 2.05) is 0 Å². The number of ether oxygens (including phenoxy) is 1. The standard InChI is InChI=1S/C16H30N3O9PSi/c1-16(2,3)30(4,5)27-7-9-6-19(15(22)18-13(9)17)14-12(21)11(20)10(28-14)8-26-29(23,24)25/h6,10-12,14,20-21H,7-8H2,1-5H3,(H2,17,18,22)(H2,23,24,25)/t10-,11-,12?,14-/m1/s1. The molecule has 6 N–H and O–H groups in total. The predicted molar refractivity (Wildman–Crippen MR) is 109 cm³/mol. The minimum Gasteiger partial charge on any atom is -0.412 e. The van der Waals surface area contributed by atoms with Crippen LogP contribution >= 0.6 is 7.82 Å². The Labute approximate surface area is 175 Å². The zero-order chi connectivity index (χ0) is 23.1. The Morgan fingerprint density at radius 3 is 2.43 bits per heavy atom. The topological polar surface area (TPSA) is 187 Å². The number of hydrogen-bond donors (Lipinski definition) is 5. The van der Waals surface area contributed by atoms with Gasteiger partial charge in [0, 0.05) is 11.8 Å². The Morgan fingerprint density at radius 1 is 1.30 bits per heavy atom. The van der Waals surface area contributed by atoms with Crippen molar-refractivity contribution < 1.29 is 38.3 Å². The van der Waals surface area contributed by atoms with Crippen LogP contribution in [0.2, 0.25) is 18.1 Å². The van der Waals surface area contributed by atoms with Crippen LogP contribution in [0.1, 0.15) is 32.6 Å². The van der Waals surface area contributed by atoms with Gasteiger partial charge in [-0.15, -0.1) is 0 Å². The Kier molecular flexibility index (Phi) is 7.34. The summed E-state index contributed by atoms with van der Waals surface area (Å²) >= 11 is 0. The molecule has 0 spiro atoms. The number of aromatic nitrogens is 2. The summed E-state index contributed by atoms with van der Waals surface area (Å²) in [5.41, 5.74) is 5.44. The SMILES string of the molecule is CC(C)(C)[Si](C)(C)OCc1cn([C@@H]2O[C@H](COP(=O)(O)O)[C@@H](O)C2O)c(=O)nc1N. The summed E-state index contributed by atoms with van der Waals surface area (Å²) in [5, 5.41) is 20.4. The summed E-state index contributed by atoms with van der Waals surface area (Å²) in [4.78, 5) is 33.7. The van der Waals surface area contributed by atoms with Gasteiger partial charge in [0.05, 0.1) is 13.2 Å². The van der Waals surface area contributed by atoms with E-state index in [0.29, 0.717) is 5.56 Å². The van der Waals surface area contributed by atoms with Gasteiger partial charge < -0.3 is 34.9 Å². The van der Waals surface area contributed by atoms with E-state index in [-0.39, 0.29) is 17.5 Å². The molecule has 1 fully saturated rings. The number of hydrogen-bond acceptors (Lipinski definition) is 9. The lowest BCUT2D eigenvalue weighted by molar-refractivity contribution is -0.0543. The molecule has 1 aliphatic rings. The third-order valence-electron chi connectivity index (χ3n) is 5.47. The molecule has 2 heterocycles. The summed E-state index contributed by atoms with van der Waals surface area (Å²) in [5.74, 6) is -0.0237. The fraction of sp³-hybridized carbons (Fsp3) is 0.750. The van der Waals surface area contributed by atoms with Gasteiger partial charge in [-0.1, -0.05) is 20.8 Å². The van der Waals surface area contributed by atoms with Crippen molar-refractivity contribution in [2.45, 2.75) is 70.1 Å². The second-order valence-electron chi connectivity index (χ2n) is 8.72. The average molecular weight is 467 g/mol. The molecule has 30 heavy (non-hydrogen) atoms. The quantitative estimate of drug-likeness (QED) is 0.270. The molecule has 0 saturated carbocycles. The van der Waals surface area contributed by atoms with Gasteiger partial charge in [0.25, 0.3) is 0 Å². The van der Waals surface area contributed by atoms with Crippen LogP contribution in [0.4, 0.5) is 5.82 Å². The van der Waals surface area contributed by atoms with Crippen molar-refractivity contribution in [1.82, 2.24) is 9.55 Å². The Bertz CT molecular complexity index is 866. The number of aliphatic hydroxyl groups is 2. The number of nitrogens with zero attached hydrogens (tertiary/aromatic N) is 2. The van der Waals surface area contributed by atoms with Crippen LogP contribution in [0.15, 0.2) is 11.0 Å². The molecule has 1 aliphatic heterocycles. The van der Waals surface area contributed by atoms with Crippen LogP contribution in [0.25, 0.3) is 0 Å². The first-order chi connectivity index (χ1) is 13.5. The molecule has 12 nitrogen and oxygen atoms in total. The number of aliphatic hydroxyl groups excluding tert-OH is 2. The smallest absolute Gasteiger partial charge is 0.412 e. The van der Waals surface area contributed by atoms with Crippen LogP contribution in [-0.2, 0) is 24.9 Å². The minimum atomic E-state index is -4.80. The zero-order valence-corrected chi connectivity index (χ0v) is 19.4. The van der Waals surface area contributed by atoms with E-state index >= 15 is 0 Å². The second kappa shape index (κ2) is 8.77. The number of rotatable bonds is 7. The summed E-state index contributed by atoms with van der Waals surface area (Å²) in [7, 11) is -6.92. The highest BCUT2D eigenvalue weighted by Gasteiger charge is 2.45. The highest BCUT2D eigenvalue weighted by atomic mass is 31.2. The molecule has 4 atom stereocenters. The van der Waals surface area contributed by atoms with Crippen molar-refractivity contribution in [3.05, 3.63) is 22.2 Å². The Balaban J connectivity index is 2.24. The van der Waals surface area contributed by atoms with E-state index in [4.69, 9.17) is 24.7 Å². The first-order valence-corrected chi connectivity index (χ1v) is 13.7. The first kappa shape index (κ1) is 25.1. The van der Waals surface area contributed by atoms with E-state index in [1.165, 1.54) is 6.20 Å². The minimum absolute atomic E-state index is 0.0237. The molecular formula is C16H30N3O9PSi. The van der Waals surface area contributed by atoms with Crippen LogP contribution in [0.3, 0.4) is 0 Å². The molecule has 1 aromatic heterocycles. The van der Waals surface area contributed by atoms with Gasteiger partial charge in [0.1, 0.15) is 24.1 Å². The van der Waals surface area contributed by atoms with Gasteiger partial charge in [-0.3, -0.25) is 9.09 Å². The largest absolute Gasteiger partial charge is 0.469 e. The number of anilines is 1. The monoisotopic (exact) mass is 467 g/mol. The van der Waals surface area contributed by atoms with Gasteiger partial charge in [0.2, 0.25) is 0 Å². The summed E-state index contributed by atoms with van der Waals surface area (Å²) in [6, 6.07) is 0. The van der Waals surface area contributed by atoms with Crippen molar-refractivity contribution in [3.8, 4) is 0 Å². The van der Waals surface area contributed by atoms with Crippen molar-refractivity contribution in [2.75, 3.05) is 12.3 Å². The van der Waals surface area contributed by atoms with E-state index < -0.39 is 53.0 Å². The van der Waals surface area contributed by atoms with Crippen LogP contribution < -0.4 is 11.4 Å². The summed E-state index contributed by atoms with van der Waals surface area (Å²) in [6.07, 6.45) is -4.39. The van der Waals surface area contributed by atoms with Crippen molar-refractivity contribution >= 4 is 22.0 Å². The highest BCUT2D eigenvalue weighted by Crippen LogP contribution is 2.39. The Hall–Kier alpha value is -1.15. The van der Waals surface area contributed by atoms with Crippen LogP contribution in [0, 0.1) is 0 Å². The lowest BCUT2D eigenvalue weighted by Gasteiger charge is -2.36. The normalized spacial score (nSPS) is 25.6. The molecule has 1 aromatic rings. The lowest BCUT2D eigenvalue weighted by Crippen LogP contribution is -2.41. The summed E-state index contributed by atoms with van der Waals surface area (Å²) < 4.78 is 27.7. The Morgan fingerprint density at radius 2 is 1.90 bits per heavy atom. The number of phosphoric ester groups is 1. The molecule has 0 aromatic carbocycles. The van der Waals surface area contributed by atoms with Crippen molar-refractivity contribution in [2.24, 2.45) is 0 Å². The molecule has 1 saturated heterocycles. The fourth-order valence-corrected chi connectivity index (χ4v) is 3.85. The van der Waals surface area contributed by atoms with Gasteiger partial charge in [0.15, 0.2) is 14.5 Å². The number of phosphoric acid groups is 1. The van der Waals surface area contributed by atoms with Crippen molar-refractivity contribution in [3.63, 3.8) is 0 Å². The summed E-state index contributed by atoms with van der Waals surface area (Å²) in [6.45, 7) is 9.74.